The van der Waals surface area contributed by atoms with Crippen molar-refractivity contribution < 1.29 is 33.4 Å². The Morgan fingerprint density at radius 3 is 2.23 bits per heavy atom. The van der Waals surface area contributed by atoms with E-state index in [1.54, 1.807) is 33.1 Å². The van der Waals surface area contributed by atoms with Gasteiger partial charge < -0.3 is 30.2 Å². The number of hydrogen-bond acceptors (Lipinski definition) is 7. The lowest BCUT2D eigenvalue weighted by Gasteiger charge is -2.26. The van der Waals surface area contributed by atoms with Gasteiger partial charge in [0, 0.05) is 13.0 Å². The van der Waals surface area contributed by atoms with Crippen molar-refractivity contribution in [2.45, 2.75) is 95.0 Å². The Morgan fingerprint density at radius 1 is 0.974 bits per heavy atom. The van der Waals surface area contributed by atoms with E-state index in [0.717, 1.165) is 37.7 Å². The van der Waals surface area contributed by atoms with Crippen molar-refractivity contribution in [3.05, 3.63) is 29.8 Å². The molecule has 39 heavy (non-hydrogen) atoms. The van der Waals surface area contributed by atoms with Gasteiger partial charge in [-0.25, -0.2) is 0 Å². The first kappa shape index (κ1) is 29.0. The monoisotopic (exact) mass is 543 g/mol. The van der Waals surface area contributed by atoms with Gasteiger partial charge in [-0.05, 0) is 56.7 Å². The molecule has 0 spiro atoms. The van der Waals surface area contributed by atoms with E-state index in [9.17, 15) is 19.2 Å². The number of nitrogens with one attached hydrogen (secondary N) is 3. The van der Waals surface area contributed by atoms with Gasteiger partial charge >= 0.3 is 0 Å². The zero-order valence-corrected chi connectivity index (χ0v) is 23.1. The minimum absolute atomic E-state index is 0.130. The van der Waals surface area contributed by atoms with Gasteiger partial charge in [0.1, 0.15) is 29.5 Å². The SMILES string of the molecule is COc1ccc(CC(NC(=O)C(C)NC(=O)C2CCCO2)C(=O)NC(CC2CCCC2)C(=O)C2(C)CO2)cc1. The normalized spacial score (nSPS) is 24.8. The van der Waals surface area contributed by atoms with Crippen LogP contribution in [-0.4, -0.2) is 73.7 Å². The minimum atomic E-state index is -0.959. The third-order valence-electron chi connectivity index (χ3n) is 7.98. The molecule has 0 aromatic heterocycles. The summed E-state index contributed by atoms with van der Waals surface area (Å²) in [5.41, 5.74) is -0.0599. The van der Waals surface area contributed by atoms with E-state index in [2.05, 4.69) is 16.0 Å². The maximum Gasteiger partial charge on any atom is 0.249 e. The van der Waals surface area contributed by atoms with Crippen LogP contribution in [0.4, 0.5) is 0 Å². The van der Waals surface area contributed by atoms with Crippen LogP contribution in [0.5, 0.6) is 5.75 Å². The van der Waals surface area contributed by atoms with Gasteiger partial charge in [-0.1, -0.05) is 37.8 Å². The number of carbonyl (C=O) groups is 4. The fourth-order valence-electron chi connectivity index (χ4n) is 5.36. The van der Waals surface area contributed by atoms with Crippen molar-refractivity contribution in [3.63, 3.8) is 0 Å². The second-order valence-electron chi connectivity index (χ2n) is 11.2. The largest absolute Gasteiger partial charge is 0.497 e. The number of ketones is 1. The van der Waals surface area contributed by atoms with E-state index < -0.39 is 41.6 Å². The summed E-state index contributed by atoms with van der Waals surface area (Å²) in [6, 6.07) is 4.70. The summed E-state index contributed by atoms with van der Waals surface area (Å²) in [6.07, 6.45) is 5.92. The van der Waals surface area contributed by atoms with Crippen molar-refractivity contribution in [2.75, 3.05) is 20.3 Å². The fraction of sp³-hybridized carbons (Fsp3) is 0.655. The van der Waals surface area contributed by atoms with Crippen LogP contribution in [0.1, 0.15) is 64.4 Å². The quantitative estimate of drug-likeness (QED) is 0.323. The number of carbonyl (C=O) groups excluding carboxylic acids is 4. The van der Waals surface area contributed by atoms with Crippen LogP contribution in [0.25, 0.3) is 0 Å². The van der Waals surface area contributed by atoms with Crippen molar-refractivity contribution in [1.29, 1.82) is 0 Å². The highest BCUT2D eigenvalue weighted by Crippen LogP contribution is 2.33. The molecular weight excluding hydrogens is 502 g/mol. The molecule has 1 saturated carbocycles. The van der Waals surface area contributed by atoms with E-state index in [4.69, 9.17) is 14.2 Å². The highest BCUT2D eigenvalue weighted by atomic mass is 16.6. The maximum atomic E-state index is 13.6. The topological polar surface area (TPSA) is 135 Å². The van der Waals surface area contributed by atoms with E-state index in [1.165, 1.54) is 0 Å². The predicted molar refractivity (Wildman–Crippen MR) is 143 cm³/mol. The molecule has 3 aliphatic rings. The molecule has 2 aliphatic heterocycles. The van der Waals surface area contributed by atoms with Gasteiger partial charge in [0.2, 0.25) is 17.7 Å². The lowest BCUT2D eigenvalue weighted by atomic mass is 9.90. The number of Topliss-reactive ketones (excluding diaryl/α,β-unsaturated/α-hetero) is 1. The third-order valence-corrected chi connectivity index (χ3v) is 7.98. The molecule has 5 unspecified atom stereocenters. The van der Waals surface area contributed by atoms with E-state index >= 15 is 0 Å². The number of epoxide rings is 1. The molecule has 4 rings (SSSR count). The van der Waals surface area contributed by atoms with Crippen molar-refractivity contribution in [3.8, 4) is 5.75 Å². The standard InChI is InChI=1S/C29H41N3O7/c1-18(30-28(36)24-9-6-14-38-24)26(34)32-23(16-20-10-12-21(37-3)13-11-20)27(35)31-22(15-19-7-4-5-8-19)25(33)29(2)17-39-29/h10-13,18-19,22-24H,4-9,14-17H2,1-3H3,(H,30,36)(H,31,35)(H,32,34). The Kier molecular flexibility index (Phi) is 9.61. The molecule has 3 amide bonds. The van der Waals surface area contributed by atoms with Crippen LogP contribution in [0, 0.1) is 5.92 Å². The molecule has 10 heteroatoms. The molecule has 214 valence electrons. The lowest BCUT2D eigenvalue weighted by molar-refractivity contribution is -0.136. The van der Waals surface area contributed by atoms with E-state index in [0.29, 0.717) is 37.7 Å². The first-order valence-electron chi connectivity index (χ1n) is 14.0. The van der Waals surface area contributed by atoms with Crippen LogP contribution in [0.3, 0.4) is 0 Å². The second-order valence-corrected chi connectivity index (χ2v) is 11.2. The maximum absolute atomic E-state index is 13.6. The molecule has 1 aromatic rings. The van der Waals surface area contributed by atoms with Crippen LogP contribution >= 0.6 is 0 Å². The zero-order chi connectivity index (χ0) is 28.0. The van der Waals surface area contributed by atoms with Crippen LogP contribution in [0.15, 0.2) is 24.3 Å². The lowest BCUT2D eigenvalue weighted by Crippen LogP contribution is -2.57. The van der Waals surface area contributed by atoms with Gasteiger partial charge in [-0.3, -0.25) is 19.2 Å². The van der Waals surface area contributed by atoms with Gasteiger partial charge in [-0.2, -0.15) is 0 Å². The molecular formula is C29H41N3O7. The summed E-state index contributed by atoms with van der Waals surface area (Å²) in [7, 11) is 1.57. The highest BCUT2D eigenvalue weighted by molar-refractivity contribution is 5.98. The third kappa shape index (κ3) is 7.79. The molecule has 3 fully saturated rings. The number of rotatable bonds is 13. The Balaban J connectivity index is 1.46. The highest BCUT2D eigenvalue weighted by Gasteiger charge is 2.50. The molecule has 10 nitrogen and oxygen atoms in total. The number of hydrogen-bond donors (Lipinski definition) is 3. The number of methoxy groups -OCH3 is 1. The van der Waals surface area contributed by atoms with Crippen LogP contribution < -0.4 is 20.7 Å². The molecule has 2 saturated heterocycles. The average Bonchev–Trinajstić information content (AvgIpc) is 3.32. The Morgan fingerprint density at radius 2 is 1.64 bits per heavy atom. The summed E-state index contributed by atoms with van der Waals surface area (Å²) in [5, 5.41) is 8.43. The first-order chi connectivity index (χ1) is 18.7. The van der Waals surface area contributed by atoms with E-state index in [1.807, 2.05) is 12.1 Å². The Labute approximate surface area is 229 Å². The van der Waals surface area contributed by atoms with Crippen molar-refractivity contribution in [1.82, 2.24) is 16.0 Å². The number of ether oxygens (including phenoxy) is 3. The molecule has 3 N–H and O–H groups in total. The smallest absolute Gasteiger partial charge is 0.249 e. The van der Waals surface area contributed by atoms with Crippen LogP contribution in [0.2, 0.25) is 0 Å². The zero-order valence-electron chi connectivity index (χ0n) is 23.1. The summed E-state index contributed by atoms with van der Waals surface area (Å²) >= 11 is 0. The Bertz CT molecular complexity index is 1030. The van der Waals surface area contributed by atoms with Crippen LogP contribution in [-0.2, 0) is 35.1 Å². The van der Waals surface area contributed by atoms with Crippen molar-refractivity contribution >= 4 is 23.5 Å². The first-order valence-corrected chi connectivity index (χ1v) is 14.0. The Hall–Kier alpha value is -2.98. The van der Waals surface area contributed by atoms with Gasteiger partial charge in [0.15, 0.2) is 5.78 Å². The minimum Gasteiger partial charge on any atom is -0.497 e. The molecule has 1 aromatic carbocycles. The van der Waals surface area contributed by atoms with Crippen molar-refractivity contribution in [2.24, 2.45) is 5.92 Å². The van der Waals surface area contributed by atoms with E-state index in [-0.39, 0.29) is 18.1 Å². The van der Waals surface area contributed by atoms with Gasteiger partial charge in [0.05, 0.1) is 19.8 Å². The molecule has 2 heterocycles. The average molecular weight is 544 g/mol. The fourth-order valence-corrected chi connectivity index (χ4v) is 5.36. The summed E-state index contributed by atoms with van der Waals surface area (Å²) in [5.74, 6) is -0.373. The molecule has 0 bridgehead atoms. The second kappa shape index (κ2) is 12.9. The van der Waals surface area contributed by atoms with Gasteiger partial charge in [0.25, 0.3) is 0 Å². The number of benzene rings is 1. The summed E-state index contributed by atoms with van der Waals surface area (Å²) in [6.45, 7) is 4.19. The molecule has 5 atom stereocenters. The summed E-state index contributed by atoms with van der Waals surface area (Å²) in [4.78, 5) is 52.5. The number of amides is 3. The molecule has 0 radical (unpaired) electrons. The summed E-state index contributed by atoms with van der Waals surface area (Å²) < 4.78 is 16.0. The van der Waals surface area contributed by atoms with Gasteiger partial charge in [-0.15, -0.1) is 0 Å². The predicted octanol–water partition coefficient (Wildman–Crippen LogP) is 1.83. The molecule has 1 aliphatic carbocycles.